The quantitative estimate of drug-likeness (QED) is 0.784. The van der Waals surface area contributed by atoms with Crippen LogP contribution in [-0.4, -0.2) is 54.6 Å². The highest BCUT2D eigenvalue weighted by Gasteiger charge is 2.33. The highest BCUT2D eigenvalue weighted by atomic mass is 79.9. The molecule has 104 valence electrons. The first kappa shape index (κ1) is 13.5. The van der Waals surface area contributed by atoms with Gasteiger partial charge in [-0.1, -0.05) is 0 Å². The Bertz CT molecular complexity index is 457. The number of esters is 1. The normalized spacial score (nSPS) is 25.7. The molecule has 0 amide bonds. The lowest BCUT2D eigenvalue weighted by molar-refractivity contribution is -0.142. The van der Waals surface area contributed by atoms with E-state index < -0.39 is 0 Å². The van der Waals surface area contributed by atoms with Gasteiger partial charge in [0, 0.05) is 44.0 Å². The smallest absolute Gasteiger partial charge is 0.323 e. The first-order chi connectivity index (χ1) is 9.22. The molecule has 3 rings (SSSR count). The Morgan fingerprint density at radius 3 is 2.68 bits per heavy atom. The number of carbonyl (C=O) groups excluding carboxylic acids is 1. The predicted molar refractivity (Wildman–Crippen MR) is 78.2 cm³/mol. The van der Waals surface area contributed by atoms with Crippen LogP contribution in [0, 0.1) is 0 Å². The van der Waals surface area contributed by atoms with Gasteiger partial charge in [-0.05, 0) is 28.1 Å². The summed E-state index contributed by atoms with van der Waals surface area (Å²) in [7, 11) is 0. The highest BCUT2D eigenvalue weighted by Crippen LogP contribution is 2.24. The molecule has 0 spiro atoms. The molecular formula is C13H17BrN2O2S. The van der Waals surface area contributed by atoms with Crippen LogP contribution in [-0.2, 0) is 16.1 Å². The summed E-state index contributed by atoms with van der Waals surface area (Å²) in [5.41, 5.74) is 0. The van der Waals surface area contributed by atoms with E-state index in [0.29, 0.717) is 6.61 Å². The van der Waals surface area contributed by atoms with Gasteiger partial charge in [0.2, 0.25) is 0 Å². The van der Waals surface area contributed by atoms with Gasteiger partial charge in [0.25, 0.3) is 0 Å². The Morgan fingerprint density at radius 1 is 1.32 bits per heavy atom. The fourth-order valence-corrected chi connectivity index (χ4v) is 4.23. The largest absolute Gasteiger partial charge is 0.464 e. The van der Waals surface area contributed by atoms with Crippen LogP contribution in [0.4, 0.5) is 0 Å². The van der Waals surface area contributed by atoms with Crippen molar-refractivity contribution in [2.24, 2.45) is 0 Å². The lowest BCUT2D eigenvalue weighted by Gasteiger charge is -2.36. The number of halogens is 1. The molecule has 1 atom stereocenters. The van der Waals surface area contributed by atoms with Crippen LogP contribution in [0.25, 0.3) is 0 Å². The van der Waals surface area contributed by atoms with Crippen molar-refractivity contribution >= 4 is 33.2 Å². The maximum Gasteiger partial charge on any atom is 0.323 e. The maximum absolute atomic E-state index is 11.6. The van der Waals surface area contributed by atoms with Crippen molar-refractivity contribution in [2.75, 3.05) is 32.8 Å². The lowest BCUT2D eigenvalue weighted by atomic mass is 10.2. The zero-order valence-corrected chi connectivity index (χ0v) is 13.1. The minimum absolute atomic E-state index is 0.0121. The molecular weight excluding hydrogens is 328 g/mol. The summed E-state index contributed by atoms with van der Waals surface area (Å²) in [4.78, 5) is 17.7. The second-order valence-electron chi connectivity index (χ2n) is 4.99. The number of cyclic esters (lactones) is 1. The van der Waals surface area contributed by atoms with E-state index in [-0.39, 0.29) is 12.0 Å². The number of ether oxygens (including phenoxy) is 1. The van der Waals surface area contributed by atoms with Crippen molar-refractivity contribution in [3.05, 3.63) is 20.8 Å². The summed E-state index contributed by atoms with van der Waals surface area (Å²) < 4.78 is 6.24. The molecule has 2 fully saturated rings. The first-order valence-corrected chi connectivity index (χ1v) is 8.20. The van der Waals surface area contributed by atoms with Crippen LogP contribution in [0.15, 0.2) is 15.9 Å². The van der Waals surface area contributed by atoms with Crippen molar-refractivity contribution in [3.63, 3.8) is 0 Å². The SMILES string of the molecule is O=C1OCC[C@H]1N1CCN(Cc2ccc(Br)s2)CC1. The average Bonchev–Trinajstić information content (AvgIpc) is 3.00. The summed E-state index contributed by atoms with van der Waals surface area (Å²) in [5, 5.41) is 0. The van der Waals surface area contributed by atoms with Gasteiger partial charge in [-0.3, -0.25) is 14.6 Å². The molecule has 1 aromatic heterocycles. The van der Waals surface area contributed by atoms with Crippen molar-refractivity contribution in [1.82, 2.24) is 9.80 Å². The van der Waals surface area contributed by atoms with Gasteiger partial charge >= 0.3 is 5.97 Å². The van der Waals surface area contributed by atoms with Gasteiger partial charge in [0.1, 0.15) is 6.04 Å². The molecule has 0 aliphatic carbocycles. The van der Waals surface area contributed by atoms with Crippen molar-refractivity contribution in [1.29, 1.82) is 0 Å². The van der Waals surface area contributed by atoms with Crippen molar-refractivity contribution in [2.45, 2.75) is 19.0 Å². The summed E-state index contributed by atoms with van der Waals surface area (Å²) in [6.07, 6.45) is 0.858. The third kappa shape index (κ3) is 3.18. The third-order valence-corrected chi connectivity index (χ3v) is 5.37. The number of carbonyl (C=O) groups is 1. The number of thiophene rings is 1. The van der Waals surface area contributed by atoms with E-state index in [1.165, 1.54) is 8.66 Å². The van der Waals surface area contributed by atoms with E-state index in [2.05, 4.69) is 37.9 Å². The predicted octanol–water partition coefficient (Wildman–Crippen LogP) is 1.94. The van der Waals surface area contributed by atoms with Crippen molar-refractivity contribution in [3.8, 4) is 0 Å². The van der Waals surface area contributed by atoms with Crippen LogP contribution in [0.3, 0.4) is 0 Å². The molecule has 3 heterocycles. The van der Waals surface area contributed by atoms with E-state index in [9.17, 15) is 4.79 Å². The maximum atomic E-state index is 11.6. The van der Waals surface area contributed by atoms with E-state index in [1.54, 1.807) is 11.3 Å². The molecule has 19 heavy (non-hydrogen) atoms. The Kier molecular flexibility index (Phi) is 4.21. The minimum Gasteiger partial charge on any atom is -0.464 e. The second-order valence-corrected chi connectivity index (χ2v) is 7.54. The van der Waals surface area contributed by atoms with E-state index >= 15 is 0 Å². The molecule has 1 aromatic rings. The van der Waals surface area contributed by atoms with E-state index in [0.717, 1.165) is 39.1 Å². The van der Waals surface area contributed by atoms with Gasteiger partial charge in [0.05, 0.1) is 10.4 Å². The molecule has 0 aromatic carbocycles. The Morgan fingerprint density at radius 2 is 2.11 bits per heavy atom. The summed E-state index contributed by atoms with van der Waals surface area (Å²) in [6.45, 7) is 5.59. The summed E-state index contributed by atoms with van der Waals surface area (Å²) in [5.74, 6) is -0.0318. The number of rotatable bonds is 3. The lowest BCUT2D eigenvalue weighted by Crippen LogP contribution is -2.51. The molecule has 0 unspecified atom stereocenters. The fourth-order valence-electron chi connectivity index (χ4n) is 2.71. The molecule has 0 N–H and O–H groups in total. The standard InChI is InChI=1S/C13H17BrN2O2S/c14-12-2-1-10(19-12)9-15-4-6-16(7-5-15)11-3-8-18-13(11)17/h1-2,11H,3-9H2/t11-/m1/s1. The molecule has 0 radical (unpaired) electrons. The summed E-state index contributed by atoms with van der Waals surface area (Å²) >= 11 is 5.29. The van der Waals surface area contributed by atoms with Crippen LogP contribution >= 0.6 is 27.3 Å². The number of hydrogen-bond acceptors (Lipinski definition) is 5. The molecule has 2 aliphatic rings. The molecule has 2 saturated heterocycles. The molecule has 4 nitrogen and oxygen atoms in total. The van der Waals surface area contributed by atoms with E-state index in [1.807, 2.05) is 0 Å². The zero-order chi connectivity index (χ0) is 13.2. The number of nitrogens with zero attached hydrogens (tertiary/aromatic N) is 2. The molecule has 6 heteroatoms. The Hall–Kier alpha value is -0.430. The summed E-state index contributed by atoms with van der Waals surface area (Å²) in [6, 6.07) is 4.29. The molecule has 0 saturated carbocycles. The van der Waals surface area contributed by atoms with Crippen molar-refractivity contribution < 1.29 is 9.53 Å². The van der Waals surface area contributed by atoms with Crippen LogP contribution in [0.2, 0.25) is 0 Å². The van der Waals surface area contributed by atoms with Crippen LogP contribution in [0.5, 0.6) is 0 Å². The van der Waals surface area contributed by atoms with E-state index in [4.69, 9.17) is 4.74 Å². The van der Waals surface area contributed by atoms with Gasteiger partial charge < -0.3 is 4.74 Å². The topological polar surface area (TPSA) is 32.8 Å². The average molecular weight is 345 g/mol. The first-order valence-electron chi connectivity index (χ1n) is 6.59. The number of piperazine rings is 1. The third-order valence-electron chi connectivity index (χ3n) is 3.76. The van der Waals surface area contributed by atoms with Gasteiger partial charge in [-0.2, -0.15) is 0 Å². The monoisotopic (exact) mass is 344 g/mol. The fraction of sp³-hybridized carbons (Fsp3) is 0.615. The number of hydrogen-bond donors (Lipinski definition) is 0. The Balaban J connectivity index is 1.50. The Labute approximate surface area is 125 Å². The van der Waals surface area contributed by atoms with Crippen LogP contribution < -0.4 is 0 Å². The van der Waals surface area contributed by atoms with Gasteiger partial charge in [-0.25, -0.2) is 0 Å². The molecule has 2 aliphatic heterocycles. The molecule has 0 bridgehead atoms. The highest BCUT2D eigenvalue weighted by molar-refractivity contribution is 9.11. The zero-order valence-electron chi connectivity index (χ0n) is 10.7. The van der Waals surface area contributed by atoms with Gasteiger partial charge in [0.15, 0.2) is 0 Å². The second kappa shape index (κ2) is 5.91. The van der Waals surface area contributed by atoms with Gasteiger partial charge in [-0.15, -0.1) is 11.3 Å². The minimum atomic E-state index is -0.0318. The van der Waals surface area contributed by atoms with Crippen LogP contribution in [0.1, 0.15) is 11.3 Å².